The highest BCUT2D eigenvalue weighted by Gasteiger charge is 2.27. The van der Waals surface area contributed by atoms with Crippen LogP contribution in [0.5, 0.6) is 0 Å². The zero-order valence-corrected chi connectivity index (χ0v) is 14.2. The molecular weight excluding hydrogens is 302 g/mol. The summed E-state index contributed by atoms with van der Waals surface area (Å²) in [6.45, 7) is 6.84. The number of H-pyrrole nitrogens is 1. The molecule has 6 nitrogen and oxygen atoms in total. The predicted octanol–water partition coefficient (Wildman–Crippen LogP) is 2.22. The van der Waals surface area contributed by atoms with Gasteiger partial charge in [-0.15, -0.1) is 0 Å². The molecule has 7 heteroatoms. The van der Waals surface area contributed by atoms with Crippen molar-refractivity contribution in [3.63, 3.8) is 0 Å². The number of ether oxygens (including phenoxy) is 1. The maximum absolute atomic E-state index is 11.7. The molecule has 0 aromatic carbocycles. The van der Waals surface area contributed by atoms with Crippen LogP contribution >= 0.6 is 11.3 Å². The first-order valence-corrected chi connectivity index (χ1v) is 8.58. The number of alkyl carbamates (subject to hydrolysis) is 1. The van der Waals surface area contributed by atoms with Crippen molar-refractivity contribution in [2.75, 3.05) is 6.54 Å². The van der Waals surface area contributed by atoms with Crippen LogP contribution < -0.4 is 15.5 Å². The van der Waals surface area contributed by atoms with Crippen molar-refractivity contribution >= 4 is 17.4 Å². The van der Waals surface area contributed by atoms with Crippen molar-refractivity contribution < 1.29 is 9.53 Å². The lowest BCUT2D eigenvalue weighted by molar-refractivity contribution is 0.0517. The van der Waals surface area contributed by atoms with E-state index in [-0.39, 0.29) is 11.0 Å². The van der Waals surface area contributed by atoms with Gasteiger partial charge in [-0.25, -0.2) is 4.79 Å². The number of carbonyl (C=O) groups is 1. The van der Waals surface area contributed by atoms with Crippen LogP contribution in [-0.4, -0.2) is 29.3 Å². The van der Waals surface area contributed by atoms with Crippen LogP contribution in [0.2, 0.25) is 0 Å². The van der Waals surface area contributed by atoms with Crippen LogP contribution in [-0.2, 0) is 11.3 Å². The number of carbonyl (C=O) groups excluding carboxylic acids is 1. The van der Waals surface area contributed by atoms with Crippen molar-refractivity contribution in [2.45, 2.75) is 58.2 Å². The van der Waals surface area contributed by atoms with Gasteiger partial charge in [0.2, 0.25) is 0 Å². The topological polar surface area (TPSA) is 83.2 Å². The van der Waals surface area contributed by atoms with E-state index >= 15 is 0 Å². The fraction of sp³-hybridized carbons (Fsp3) is 0.733. The Morgan fingerprint density at radius 3 is 2.86 bits per heavy atom. The van der Waals surface area contributed by atoms with E-state index in [0.29, 0.717) is 25.0 Å². The summed E-state index contributed by atoms with van der Waals surface area (Å²) in [5.41, 5.74) is 0.447. The Balaban J connectivity index is 1.75. The normalized spacial score (nSPS) is 21.8. The van der Waals surface area contributed by atoms with Gasteiger partial charge < -0.3 is 20.4 Å². The number of hydrogen-bond donors (Lipinski definition) is 3. The van der Waals surface area contributed by atoms with Crippen molar-refractivity contribution in [3.8, 4) is 0 Å². The number of aromatic amines is 1. The number of thiazole rings is 1. The van der Waals surface area contributed by atoms with Crippen LogP contribution in [0, 0.1) is 5.92 Å². The first-order valence-electron chi connectivity index (χ1n) is 7.70. The predicted molar refractivity (Wildman–Crippen MR) is 87.1 cm³/mol. The van der Waals surface area contributed by atoms with E-state index in [0.717, 1.165) is 25.0 Å². The van der Waals surface area contributed by atoms with Gasteiger partial charge in [0.25, 0.3) is 0 Å². The second-order valence-corrected chi connectivity index (χ2v) is 7.58. The Labute approximate surface area is 134 Å². The van der Waals surface area contributed by atoms with Crippen LogP contribution in [0.25, 0.3) is 0 Å². The van der Waals surface area contributed by atoms with Gasteiger partial charge in [-0.3, -0.25) is 4.79 Å². The summed E-state index contributed by atoms with van der Waals surface area (Å²) >= 11 is 1.18. The largest absolute Gasteiger partial charge is 0.444 e. The zero-order valence-electron chi connectivity index (χ0n) is 13.4. The smallest absolute Gasteiger partial charge is 0.407 e. The molecule has 2 rings (SSSR count). The summed E-state index contributed by atoms with van der Waals surface area (Å²) in [5, 5.41) is 8.18. The summed E-state index contributed by atoms with van der Waals surface area (Å²) < 4.78 is 5.26. The second-order valence-electron chi connectivity index (χ2n) is 6.73. The first-order chi connectivity index (χ1) is 10.3. The lowest BCUT2D eigenvalue weighted by Crippen LogP contribution is -2.40. The maximum Gasteiger partial charge on any atom is 0.407 e. The van der Waals surface area contributed by atoms with E-state index in [4.69, 9.17) is 4.74 Å². The molecule has 22 heavy (non-hydrogen) atoms. The summed E-state index contributed by atoms with van der Waals surface area (Å²) in [5.74, 6) is 0.401. The highest BCUT2D eigenvalue weighted by atomic mass is 32.1. The van der Waals surface area contributed by atoms with Crippen LogP contribution in [0.4, 0.5) is 4.79 Å². The van der Waals surface area contributed by atoms with Gasteiger partial charge in [0.1, 0.15) is 5.60 Å². The van der Waals surface area contributed by atoms with Crippen molar-refractivity contribution in [1.82, 2.24) is 15.6 Å². The molecule has 124 valence electrons. The van der Waals surface area contributed by atoms with Crippen LogP contribution in [0.15, 0.2) is 10.2 Å². The average molecular weight is 327 g/mol. The van der Waals surface area contributed by atoms with Gasteiger partial charge in [0.05, 0.1) is 0 Å². The SMILES string of the molecule is CC(C)(C)OC(=O)NCC1CCCC1NCc1csc(=O)[nH]1. The molecule has 0 spiro atoms. The molecule has 1 aromatic rings. The monoisotopic (exact) mass is 327 g/mol. The quantitative estimate of drug-likeness (QED) is 0.774. The number of hydrogen-bond acceptors (Lipinski definition) is 5. The number of aromatic nitrogens is 1. The maximum atomic E-state index is 11.7. The minimum absolute atomic E-state index is 0.0219. The second kappa shape index (κ2) is 7.28. The molecule has 2 unspecified atom stereocenters. The molecule has 0 bridgehead atoms. The third-order valence-corrected chi connectivity index (χ3v) is 4.41. The number of nitrogens with one attached hydrogen (secondary N) is 3. The Morgan fingerprint density at radius 1 is 1.45 bits per heavy atom. The zero-order chi connectivity index (χ0) is 16.2. The Morgan fingerprint density at radius 2 is 2.23 bits per heavy atom. The molecular formula is C15H25N3O3S. The standard InChI is InChI=1S/C15H25N3O3S/c1-15(2,3)21-13(19)17-7-10-5-4-6-12(10)16-8-11-9-22-14(20)18-11/h9-10,12,16H,4-8H2,1-3H3,(H,17,19)(H,18,20). The van der Waals surface area contributed by atoms with E-state index in [1.54, 1.807) is 0 Å². The van der Waals surface area contributed by atoms with Crippen LogP contribution in [0.3, 0.4) is 0 Å². The fourth-order valence-corrected chi connectivity index (χ4v) is 3.30. The molecule has 1 heterocycles. The number of amides is 1. The van der Waals surface area contributed by atoms with Crippen molar-refractivity contribution in [2.24, 2.45) is 5.92 Å². The van der Waals surface area contributed by atoms with Crippen molar-refractivity contribution in [3.05, 3.63) is 20.7 Å². The van der Waals surface area contributed by atoms with Crippen molar-refractivity contribution in [1.29, 1.82) is 0 Å². The summed E-state index contributed by atoms with van der Waals surface area (Å²) in [7, 11) is 0. The molecule has 1 fully saturated rings. The van der Waals surface area contributed by atoms with Gasteiger partial charge in [0.15, 0.2) is 0 Å². The molecule has 0 aliphatic heterocycles. The molecule has 1 aromatic heterocycles. The van der Waals surface area contributed by atoms with Gasteiger partial charge in [0, 0.05) is 30.2 Å². The van der Waals surface area contributed by atoms with Gasteiger partial charge in [-0.2, -0.15) is 0 Å². The molecule has 1 aliphatic rings. The molecule has 0 saturated heterocycles. The average Bonchev–Trinajstić information content (AvgIpc) is 3.00. The third kappa shape index (κ3) is 5.46. The van der Waals surface area contributed by atoms with E-state index in [9.17, 15) is 9.59 Å². The first kappa shape index (κ1) is 17.0. The highest BCUT2D eigenvalue weighted by Crippen LogP contribution is 2.25. The molecule has 1 saturated carbocycles. The molecule has 3 N–H and O–H groups in total. The summed E-state index contributed by atoms with van der Waals surface area (Å²) in [4.78, 5) is 25.6. The third-order valence-electron chi connectivity index (χ3n) is 3.69. The molecule has 1 aliphatic carbocycles. The van der Waals surface area contributed by atoms with E-state index < -0.39 is 5.60 Å². The van der Waals surface area contributed by atoms with E-state index in [1.807, 2.05) is 26.2 Å². The summed E-state index contributed by atoms with van der Waals surface area (Å²) in [6.07, 6.45) is 2.97. The molecule has 2 atom stereocenters. The van der Waals surface area contributed by atoms with Gasteiger partial charge in [-0.05, 0) is 39.5 Å². The minimum Gasteiger partial charge on any atom is -0.444 e. The minimum atomic E-state index is -0.470. The molecule has 1 amide bonds. The lowest BCUT2D eigenvalue weighted by Gasteiger charge is -2.23. The number of rotatable bonds is 5. The highest BCUT2D eigenvalue weighted by molar-refractivity contribution is 7.07. The Hall–Kier alpha value is -1.34. The van der Waals surface area contributed by atoms with Crippen LogP contribution in [0.1, 0.15) is 45.7 Å². The molecule has 0 radical (unpaired) electrons. The summed E-state index contributed by atoms with van der Waals surface area (Å²) in [6, 6.07) is 0.360. The van der Waals surface area contributed by atoms with E-state index in [1.165, 1.54) is 11.3 Å². The Bertz CT molecular complexity index is 547. The lowest BCUT2D eigenvalue weighted by atomic mass is 10.0. The van der Waals surface area contributed by atoms with E-state index in [2.05, 4.69) is 15.6 Å². The Kier molecular flexibility index (Phi) is 5.63. The van der Waals surface area contributed by atoms with Gasteiger partial charge >= 0.3 is 11.0 Å². The van der Waals surface area contributed by atoms with Gasteiger partial charge in [-0.1, -0.05) is 17.8 Å². The fourth-order valence-electron chi connectivity index (χ4n) is 2.72.